The normalized spacial score (nSPS) is 10.7. The number of carbonyl (C=O) groups excluding carboxylic acids is 1. The first-order valence-electron chi connectivity index (χ1n) is 5.12. The van der Waals surface area contributed by atoms with E-state index in [0.29, 0.717) is 17.9 Å². The SMILES string of the molecule is CCOC(=O)c1nc2cc(N)nc(N)n2c1C. The van der Waals surface area contributed by atoms with E-state index in [1.54, 1.807) is 24.3 Å². The first-order valence-corrected chi connectivity index (χ1v) is 5.12. The van der Waals surface area contributed by atoms with E-state index in [9.17, 15) is 4.79 Å². The standard InChI is InChI=1S/C10H13N5O2/c1-3-17-9(16)8-5(2)15-7(14-8)4-6(11)13-10(15)12/h4H,3,11H2,1-2H3,(H2,12,13). The molecule has 0 aromatic carbocycles. The van der Waals surface area contributed by atoms with Gasteiger partial charge in [0.25, 0.3) is 0 Å². The van der Waals surface area contributed by atoms with Gasteiger partial charge in [0.15, 0.2) is 5.69 Å². The van der Waals surface area contributed by atoms with E-state index < -0.39 is 5.97 Å². The molecule has 90 valence electrons. The van der Waals surface area contributed by atoms with Gasteiger partial charge in [-0.25, -0.2) is 9.78 Å². The molecule has 0 saturated carbocycles. The molecule has 2 heterocycles. The van der Waals surface area contributed by atoms with Crippen LogP contribution in [0.3, 0.4) is 0 Å². The minimum absolute atomic E-state index is 0.195. The molecule has 0 aliphatic rings. The van der Waals surface area contributed by atoms with E-state index >= 15 is 0 Å². The van der Waals surface area contributed by atoms with Crippen LogP contribution < -0.4 is 11.5 Å². The number of aryl methyl sites for hydroxylation is 1. The maximum absolute atomic E-state index is 11.6. The third kappa shape index (κ3) is 1.75. The number of imidazole rings is 1. The summed E-state index contributed by atoms with van der Waals surface area (Å²) < 4.78 is 6.46. The fraction of sp³-hybridized carbons (Fsp3) is 0.300. The highest BCUT2D eigenvalue weighted by Gasteiger charge is 2.18. The molecular weight excluding hydrogens is 222 g/mol. The fourth-order valence-corrected chi connectivity index (χ4v) is 1.65. The fourth-order valence-electron chi connectivity index (χ4n) is 1.65. The highest BCUT2D eigenvalue weighted by Crippen LogP contribution is 2.17. The Morgan fingerprint density at radius 2 is 2.18 bits per heavy atom. The summed E-state index contributed by atoms with van der Waals surface area (Å²) in [7, 11) is 0. The molecule has 2 rings (SSSR count). The number of carbonyl (C=O) groups is 1. The lowest BCUT2D eigenvalue weighted by Gasteiger charge is -2.02. The summed E-state index contributed by atoms with van der Waals surface area (Å²) in [6.07, 6.45) is 0. The number of nitrogens with two attached hydrogens (primary N) is 2. The minimum atomic E-state index is -0.480. The summed E-state index contributed by atoms with van der Waals surface area (Å²) in [4.78, 5) is 19.7. The molecule has 0 unspecified atom stereocenters. The van der Waals surface area contributed by atoms with Crippen molar-refractivity contribution in [1.82, 2.24) is 14.4 Å². The first kappa shape index (κ1) is 11.2. The molecule has 0 radical (unpaired) electrons. The molecule has 2 aromatic heterocycles. The number of aromatic nitrogens is 3. The van der Waals surface area contributed by atoms with E-state index in [4.69, 9.17) is 16.2 Å². The van der Waals surface area contributed by atoms with E-state index in [1.165, 1.54) is 0 Å². The smallest absolute Gasteiger partial charge is 0.358 e. The van der Waals surface area contributed by atoms with Gasteiger partial charge in [0, 0.05) is 6.07 Å². The first-order chi connectivity index (χ1) is 8.04. The Balaban J connectivity index is 2.64. The zero-order valence-corrected chi connectivity index (χ0v) is 9.60. The highest BCUT2D eigenvalue weighted by molar-refractivity contribution is 5.89. The van der Waals surface area contributed by atoms with Gasteiger partial charge in [-0.1, -0.05) is 0 Å². The second-order valence-corrected chi connectivity index (χ2v) is 3.50. The van der Waals surface area contributed by atoms with Crippen molar-refractivity contribution in [3.8, 4) is 0 Å². The van der Waals surface area contributed by atoms with Gasteiger partial charge in [0.05, 0.1) is 12.3 Å². The van der Waals surface area contributed by atoms with Crippen LogP contribution in [0.15, 0.2) is 6.07 Å². The Labute approximate surface area is 97.4 Å². The van der Waals surface area contributed by atoms with Crippen LogP contribution in [0, 0.1) is 6.92 Å². The molecule has 0 fully saturated rings. The third-order valence-electron chi connectivity index (χ3n) is 2.35. The van der Waals surface area contributed by atoms with Crippen molar-refractivity contribution in [1.29, 1.82) is 0 Å². The van der Waals surface area contributed by atoms with Crippen LogP contribution in [0.2, 0.25) is 0 Å². The van der Waals surface area contributed by atoms with Crippen LogP contribution in [-0.4, -0.2) is 26.9 Å². The van der Waals surface area contributed by atoms with E-state index in [2.05, 4.69) is 9.97 Å². The molecule has 7 nitrogen and oxygen atoms in total. The van der Waals surface area contributed by atoms with Crippen LogP contribution in [0.4, 0.5) is 11.8 Å². The molecule has 7 heteroatoms. The van der Waals surface area contributed by atoms with Crippen molar-refractivity contribution in [2.45, 2.75) is 13.8 Å². The van der Waals surface area contributed by atoms with Crippen molar-refractivity contribution in [3.05, 3.63) is 17.5 Å². The zero-order valence-electron chi connectivity index (χ0n) is 9.60. The van der Waals surface area contributed by atoms with Crippen molar-refractivity contribution in [2.75, 3.05) is 18.1 Å². The summed E-state index contributed by atoms with van der Waals surface area (Å²) in [6.45, 7) is 3.75. The Kier molecular flexibility index (Phi) is 2.58. The molecular formula is C10H13N5O2. The summed E-state index contributed by atoms with van der Waals surface area (Å²) >= 11 is 0. The van der Waals surface area contributed by atoms with Crippen LogP contribution in [-0.2, 0) is 4.74 Å². The van der Waals surface area contributed by atoms with Crippen molar-refractivity contribution in [3.63, 3.8) is 0 Å². The largest absolute Gasteiger partial charge is 0.461 e. The summed E-state index contributed by atoms with van der Waals surface area (Å²) in [5, 5.41) is 0. The second-order valence-electron chi connectivity index (χ2n) is 3.50. The molecule has 2 aromatic rings. The number of nitrogens with zero attached hydrogens (tertiary/aromatic N) is 3. The van der Waals surface area contributed by atoms with Crippen LogP contribution >= 0.6 is 0 Å². The van der Waals surface area contributed by atoms with Gasteiger partial charge in [0.2, 0.25) is 5.95 Å². The Bertz CT molecular complexity index is 590. The Morgan fingerprint density at radius 3 is 2.82 bits per heavy atom. The predicted octanol–water partition coefficient (Wildman–Crippen LogP) is 0.379. The van der Waals surface area contributed by atoms with Crippen molar-refractivity contribution >= 4 is 23.4 Å². The second kappa shape index (κ2) is 3.93. The monoisotopic (exact) mass is 235 g/mol. The summed E-state index contributed by atoms with van der Waals surface area (Å²) in [5.74, 6) is -0.0253. The summed E-state index contributed by atoms with van der Waals surface area (Å²) in [6, 6.07) is 1.55. The third-order valence-corrected chi connectivity index (χ3v) is 2.35. The molecule has 0 atom stereocenters. The highest BCUT2D eigenvalue weighted by atomic mass is 16.5. The van der Waals surface area contributed by atoms with Gasteiger partial charge < -0.3 is 16.2 Å². The molecule has 17 heavy (non-hydrogen) atoms. The Morgan fingerprint density at radius 1 is 1.47 bits per heavy atom. The van der Waals surface area contributed by atoms with Gasteiger partial charge in [-0.15, -0.1) is 0 Å². The van der Waals surface area contributed by atoms with E-state index in [0.717, 1.165) is 0 Å². The average molecular weight is 235 g/mol. The Hall–Kier alpha value is -2.31. The maximum atomic E-state index is 11.6. The molecule has 4 N–H and O–H groups in total. The van der Waals surface area contributed by atoms with Crippen LogP contribution in [0.25, 0.3) is 5.65 Å². The number of esters is 1. The van der Waals surface area contributed by atoms with Crippen molar-refractivity contribution in [2.24, 2.45) is 0 Å². The number of nitrogen functional groups attached to an aromatic ring is 2. The topological polar surface area (TPSA) is 109 Å². The zero-order chi connectivity index (χ0) is 12.6. The van der Waals surface area contributed by atoms with Gasteiger partial charge in [-0.05, 0) is 13.8 Å². The molecule has 0 saturated heterocycles. The maximum Gasteiger partial charge on any atom is 0.358 e. The quantitative estimate of drug-likeness (QED) is 0.728. The summed E-state index contributed by atoms with van der Waals surface area (Å²) in [5.41, 5.74) is 12.6. The van der Waals surface area contributed by atoms with E-state index in [-0.39, 0.29) is 17.5 Å². The van der Waals surface area contributed by atoms with Crippen molar-refractivity contribution < 1.29 is 9.53 Å². The molecule has 0 aliphatic heterocycles. The van der Waals surface area contributed by atoms with Gasteiger partial charge in [-0.3, -0.25) is 4.40 Å². The van der Waals surface area contributed by atoms with Crippen LogP contribution in [0.1, 0.15) is 23.1 Å². The molecule has 0 spiro atoms. The van der Waals surface area contributed by atoms with Gasteiger partial charge in [-0.2, -0.15) is 4.98 Å². The molecule has 0 aliphatic carbocycles. The number of ether oxygens (including phenoxy) is 1. The van der Waals surface area contributed by atoms with Gasteiger partial charge >= 0.3 is 5.97 Å². The number of hydrogen-bond acceptors (Lipinski definition) is 6. The lowest BCUT2D eigenvalue weighted by molar-refractivity contribution is 0.0519. The number of fused-ring (bicyclic) bond motifs is 1. The molecule has 0 bridgehead atoms. The predicted molar refractivity (Wildman–Crippen MR) is 62.5 cm³/mol. The number of rotatable bonds is 2. The number of anilines is 2. The number of hydrogen-bond donors (Lipinski definition) is 2. The van der Waals surface area contributed by atoms with Crippen LogP contribution in [0.5, 0.6) is 0 Å². The lowest BCUT2D eigenvalue weighted by atomic mass is 10.3. The minimum Gasteiger partial charge on any atom is -0.461 e. The van der Waals surface area contributed by atoms with Gasteiger partial charge in [0.1, 0.15) is 11.5 Å². The lowest BCUT2D eigenvalue weighted by Crippen LogP contribution is -2.08. The average Bonchev–Trinajstić information content (AvgIpc) is 2.56. The molecule has 0 amide bonds. The van der Waals surface area contributed by atoms with E-state index in [1.807, 2.05) is 0 Å².